The van der Waals surface area contributed by atoms with E-state index in [0.29, 0.717) is 37.9 Å². The van der Waals surface area contributed by atoms with Crippen LogP contribution in [0.2, 0.25) is 0 Å². The van der Waals surface area contributed by atoms with Gasteiger partial charge < -0.3 is 16.0 Å². The first-order valence-corrected chi connectivity index (χ1v) is 9.18. The molecule has 3 rings (SSSR count). The van der Waals surface area contributed by atoms with Gasteiger partial charge in [-0.2, -0.15) is 0 Å². The molecule has 0 spiro atoms. The van der Waals surface area contributed by atoms with Crippen LogP contribution < -0.4 is 16.0 Å². The summed E-state index contributed by atoms with van der Waals surface area (Å²) in [6.07, 6.45) is 6.70. The van der Waals surface area contributed by atoms with Crippen LogP contribution in [0.25, 0.3) is 0 Å². The molecule has 7 nitrogen and oxygen atoms in total. The SMILES string of the molecule is C#CCNC(=O)CCC1CNC(=O)C2CC(NC(=O)c3ccccc3)CN12. The van der Waals surface area contributed by atoms with Crippen molar-refractivity contribution >= 4 is 17.7 Å². The summed E-state index contributed by atoms with van der Waals surface area (Å²) < 4.78 is 0. The van der Waals surface area contributed by atoms with Gasteiger partial charge in [-0.1, -0.05) is 24.1 Å². The molecule has 3 unspecified atom stereocenters. The molecular weight excluding hydrogens is 344 g/mol. The predicted octanol–water partition coefficient (Wildman–Crippen LogP) is -0.113. The third-order valence-corrected chi connectivity index (χ3v) is 5.09. The van der Waals surface area contributed by atoms with Gasteiger partial charge in [0.25, 0.3) is 5.91 Å². The van der Waals surface area contributed by atoms with E-state index in [-0.39, 0.29) is 42.4 Å². The summed E-state index contributed by atoms with van der Waals surface area (Å²) >= 11 is 0. The first-order valence-electron chi connectivity index (χ1n) is 9.18. The molecule has 3 N–H and O–H groups in total. The van der Waals surface area contributed by atoms with Crippen molar-refractivity contribution in [1.29, 1.82) is 0 Å². The Hall–Kier alpha value is -2.85. The molecule has 0 saturated carbocycles. The first-order chi connectivity index (χ1) is 13.1. The smallest absolute Gasteiger partial charge is 0.251 e. The lowest BCUT2D eigenvalue weighted by atomic mass is 10.0. The molecular formula is C20H24N4O3. The van der Waals surface area contributed by atoms with Crippen LogP contribution in [-0.4, -0.2) is 60.4 Å². The number of benzene rings is 1. The van der Waals surface area contributed by atoms with Gasteiger partial charge >= 0.3 is 0 Å². The molecule has 2 heterocycles. The van der Waals surface area contributed by atoms with Crippen molar-refractivity contribution in [3.05, 3.63) is 35.9 Å². The molecule has 2 fully saturated rings. The van der Waals surface area contributed by atoms with Crippen molar-refractivity contribution in [3.8, 4) is 12.3 Å². The highest BCUT2D eigenvalue weighted by Gasteiger charge is 2.43. The molecule has 2 saturated heterocycles. The Kier molecular flexibility index (Phi) is 6.09. The van der Waals surface area contributed by atoms with E-state index in [9.17, 15) is 14.4 Å². The monoisotopic (exact) mass is 368 g/mol. The number of carbonyl (C=O) groups excluding carboxylic acids is 3. The molecule has 0 aromatic heterocycles. The number of fused-ring (bicyclic) bond motifs is 1. The molecule has 0 aliphatic carbocycles. The predicted molar refractivity (Wildman–Crippen MR) is 101 cm³/mol. The number of hydrogen-bond acceptors (Lipinski definition) is 4. The minimum Gasteiger partial charge on any atom is -0.353 e. The zero-order valence-electron chi connectivity index (χ0n) is 15.1. The Morgan fingerprint density at radius 3 is 2.81 bits per heavy atom. The van der Waals surface area contributed by atoms with Crippen molar-refractivity contribution in [3.63, 3.8) is 0 Å². The van der Waals surface area contributed by atoms with Crippen molar-refractivity contribution in [1.82, 2.24) is 20.9 Å². The van der Waals surface area contributed by atoms with E-state index < -0.39 is 0 Å². The molecule has 2 aliphatic rings. The van der Waals surface area contributed by atoms with Gasteiger partial charge in [-0.3, -0.25) is 19.3 Å². The molecule has 1 aromatic rings. The van der Waals surface area contributed by atoms with Crippen LogP contribution >= 0.6 is 0 Å². The number of terminal acetylenes is 1. The maximum Gasteiger partial charge on any atom is 0.251 e. The van der Waals surface area contributed by atoms with E-state index in [1.165, 1.54) is 0 Å². The molecule has 27 heavy (non-hydrogen) atoms. The number of amides is 3. The van der Waals surface area contributed by atoms with Crippen LogP contribution in [0.15, 0.2) is 30.3 Å². The lowest BCUT2D eigenvalue weighted by molar-refractivity contribution is -0.129. The molecule has 142 valence electrons. The topological polar surface area (TPSA) is 90.5 Å². The molecule has 3 atom stereocenters. The fraction of sp³-hybridized carbons (Fsp3) is 0.450. The highest BCUT2D eigenvalue weighted by Crippen LogP contribution is 2.26. The largest absolute Gasteiger partial charge is 0.353 e. The van der Waals surface area contributed by atoms with E-state index in [1.807, 2.05) is 18.2 Å². The zero-order chi connectivity index (χ0) is 19.2. The molecule has 0 bridgehead atoms. The molecule has 7 heteroatoms. The average molecular weight is 368 g/mol. The number of carbonyl (C=O) groups is 3. The summed E-state index contributed by atoms with van der Waals surface area (Å²) in [4.78, 5) is 38.5. The second-order valence-electron chi connectivity index (χ2n) is 6.90. The molecule has 0 radical (unpaired) electrons. The first kappa shape index (κ1) is 18.9. The average Bonchev–Trinajstić information content (AvgIpc) is 3.11. The fourth-order valence-corrected chi connectivity index (χ4v) is 3.74. The van der Waals surface area contributed by atoms with Gasteiger partial charge in [-0.25, -0.2) is 0 Å². The number of nitrogens with zero attached hydrogens (tertiary/aromatic N) is 1. The van der Waals surface area contributed by atoms with Gasteiger partial charge in [0.05, 0.1) is 12.6 Å². The highest BCUT2D eigenvalue weighted by molar-refractivity contribution is 5.94. The maximum absolute atomic E-state index is 12.4. The third-order valence-electron chi connectivity index (χ3n) is 5.09. The Morgan fingerprint density at radius 2 is 2.07 bits per heavy atom. The lowest BCUT2D eigenvalue weighted by Gasteiger charge is -2.37. The van der Waals surface area contributed by atoms with Crippen LogP contribution in [0.4, 0.5) is 0 Å². The van der Waals surface area contributed by atoms with E-state index in [2.05, 4.69) is 26.8 Å². The molecule has 2 aliphatic heterocycles. The number of hydrogen-bond donors (Lipinski definition) is 3. The maximum atomic E-state index is 12.4. The molecule has 3 amide bonds. The van der Waals surface area contributed by atoms with Crippen LogP contribution in [0, 0.1) is 12.3 Å². The van der Waals surface area contributed by atoms with Crippen LogP contribution in [0.5, 0.6) is 0 Å². The van der Waals surface area contributed by atoms with Gasteiger partial charge in [-0.05, 0) is 25.0 Å². The summed E-state index contributed by atoms with van der Waals surface area (Å²) in [6, 6.07) is 8.75. The highest BCUT2D eigenvalue weighted by atomic mass is 16.2. The van der Waals surface area contributed by atoms with Gasteiger partial charge in [0.2, 0.25) is 11.8 Å². The van der Waals surface area contributed by atoms with Gasteiger partial charge in [0.1, 0.15) is 0 Å². The summed E-state index contributed by atoms with van der Waals surface area (Å²) in [5.41, 5.74) is 0.605. The van der Waals surface area contributed by atoms with Crippen molar-refractivity contribution in [2.45, 2.75) is 37.4 Å². The standard InChI is InChI=1S/C20H24N4O3/c1-2-10-21-18(25)9-8-16-12-22-20(27)17-11-15(13-24(16)17)23-19(26)14-6-4-3-5-7-14/h1,3-7,15-17H,8-13H2,(H,21,25)(H,22,27)(H,23,26). The quantitative estimate of drug-likeness (QED) is 0.611. The van der Waals surface area contributed by atoms with Gasteiger partial charge in [0.15, 0.2) is 0 Å². The third kappa shape index (κ3) is 4.66. The Bertz CT molecular complexity index is 743. The normalized spacial score (nSPS) is 24.4. The lowest BCUT2D eigenvalue weighted by Crippen LogP contribution is -2.58. The van der Waals surface area contributed by atoms with Crippen molar-refractivity contribution < 1.29 is 14.4 Å². The molecule has 1 aromatic carbocycles. The Morgan fingerprint density at radius 1 is 1.30 bits per heavy atom. The van der Waals surface area contributed by atoms with Crippen LogP contribution in [0.3, 0.4) is 0 Å². The van der Waals surface area contributed by atoms with Crippen molar-refractivity contribution in [2.24, 2.45) is 0 Å². The summed E-state index contributed by atoms with van der Waals surface area (Å²) in [7, 11) is 0. The second-order valence-corrected chi connectivity index (χ2v) is 6.90. The number of rotatable bonds is 6. The summed E-state index contributed by atoms with van der Waals surface area (Å²) in [5.74, 6) is 2.14. The van der Waals surface area contributed by atoms with Gasteiger partial charge in [0, 0.05) is 37.2 Å². The summed E-state index contributed by atoms with van der Waals surface area (Å²) in [5, 5.41) is 8.60. The minimum atomic E-state index is -0.265. The Labute approximate surface area is 158 Å². The van der Waals surface area contributed by atoms with E-state index in [0.717, 1.165) is 0 Å². The minimum absolute atomic E-state index is 0.0144. The van der Waals surface area contributed by atoms with Crippen LogP contribution in [-0.2, 0) is 9.59 Å². The fourth-order valence-electron chi connectivity index (χ4n) is 3.74. The number of nitrogens with one attached hydrogen (secondary N) is 3. The summed E-state index contributed by atoms with van der Waals surface area (Å²) in [6.45, 7) is 1.34. The zero-order valence-corrected chi connectivity index (χ0v) is 15.1. The van der Waals surface area contributed by atoms with E-state index in [1.54, 1.807) is 12.1 Å². The van der Waals surface area contributed by atoms with Crippen molar-refractivity contribution in [2.75, 3.05) is 19.6 Å². The second kappa shape index (κ2) is 8.69. The van der Waals surface area contributed by atoms with E-state index >= 15 is 0 Å². The number of piperazine rings is 1. The van der Waals surface area contributed by atoms with Crippen LogP contribution in [0.1, 0.15) is 29.6 Å². The van der Waals surface area contributed by atoms with E-state index in [4.69, 9.17) is 6.42 Å². The Balaban J connectivity index is 1.57. The van der Waals surface area contributed by atoms with Gasteiger partial charge in [-0.15, -0.1) is 6.42 Å².